The van der Waals surface area contributed by atoms with Gasteiger partial charge in [-0.1, -0.05) is 15.9 Å². The maximum absolute atomic E-state index is 13.1. The third kappa shape index (κ3) is 5.02. The summed E-state index contributed by atoms with van der Waals surface area (Å²) in [5.41, 5.74) is 5.79. The largest absolute Gasteiger partial charge is 0.368 e. The lowest BCUT2D eigenvalue weighted by molar-refractivity contribution is -0.127. The Morgan fingerprint density at radius 1 is 1.50 bits per heavy atom. The number of nitrogens with two attached hydrogens (primary N) is 1. The lowest BCUT2D eigenvalue weighted by Crippen LogP contribution is -2.44. The van der Waals surface area contributed by atoms with Gasteiger partial charge in [0.05, 0.1) is 0 Å². The Kier molecular flexibility index (Phi) is 6.19. The van der Waals surface area contributed by atoms with Gasteiger partial charge in [-0.15, -0.1) is 12.3 Å². The van der Waals surface area contributed by atoms with Gasteiger partial charge in [-0.3, -0.25) is 9.59 Å². The zero-order valence-corrected chi connectivity index (χ0v) is 12.2. The molecule has 0 heterocycles. The highest BCUT2D eigenvalue weighted by atomic mass is 79.9. The summed E-state index contributed by atoms with van der Waals surface area (Å²) in [6, 6.07) is 3.38. The predicted molar refractivity (Wildman–Crippen MR) is 77.0 cm³/mol. The number of nitrogens with one attached hydrogen (secondary N) is 1. The van der Waals surface area contributed by atoms with Crippen molar-refractivity contribution in [3.8, 4) is 12.3 Å². The van der Waals surface area contributed by atoms with Crippen LogP contribution in [0.4, 0.5) is 4.39 Å². The van der Waals surface area contributed by atoms with Gasteiger partial charge < -0.3 is 11.1 Å². The zero-order valence-electron chi connectivity index (χ0n) is 10.7. The van der Waals surface area contributed by atoms with Crippen molar-refractivity contribution in [2.75, 3.05) is 0 Å². The molecule has 1 atom stereocenters. The van der Waals surface area contributed by atoms with Crippen molar-refractivity contribution in [3.05, 3.63) is 34.1 Å². The Morgan fingerprint density at radius 2 is 2.20 bits per heavy atom. The molecule has 106 valence electrons. The number of rotatable bonds is 6. The van der Waals surface area contributed by atoms with E-state index in [1.165, 1.54) is 12.1 Å². The number of hydrogen-bond acceptors (Lipinski definition) is 2. The number of halogens is 2. The van der Waals surface area contributed by atoms with E-state index in [2.05, 4.69) is 27.2 Å². The summed E-state index contributed by atoms with van der Waals surface area (Å²) in [5.74, 6) is 0.864. The molecule has 0 bridgehead atoms. The van der Waals surface area contributed by atoms with E-state index in [1.54, 1.807) is 6.07 Å². The lowest BCUT2D eigenvalue weighted by Gasteiger charge is -2.13. The van der Waals surface area contributed by atoms with Crippen LogP contribution in [-0.2, 0) is 16.0 Å². The number of amides is 2. The SMILES string of the molecule is C#CC[C@@H](NC(=O)CCc1cc(F)ccc1Br)C(N)=O. The van der Waals surface area contributed by atoms with E-state index in [0.717, 1.165) is 4.47 Å². The molecule has 0 radical (unpaired) electrons. The van der Waals surface area contributed by atoms with Crippen LogP contribution in [-0.4, -0.2) is 17.9 Å². The maximum atomic E-state index is 13.1. The highest BCUT2D eigenvalue weighted by Crippen LogP contribution is 2.19. The first kappa shape index (κ1) is 16.2. The minimum absolute atomic E-state index is 0.0464. The fourth-order valence-electron chi connectivity index (χ4n) is 1.59. The van der Waals surface area contributed by atoms with E-state index in [0.29, 0.717) is 12.0 Å². The second kappa shape index (κ2) is 7.65. The molecule has 3 N–H and O–H groups in total. The molecule has 4 nitrogen and oxygen atoms in total. The molecule has 2 amide bonds. The molecule has 0 aliphatic carbocycles. The normalized spacial score (nSPS) is 11.4. The van der Waals surface area contributed by atoms with Crippen LogP contribution >= 0.6 is 15.9 Å². The standard InChI is InChI=1S/C14H14BrFN2O2/c1-2-3-12(14(17)20)18-13(19)7-4-9-8-10(16)5-6-11(9)15/h1,5-6,8,12H,3-4,7H2,(H2,17,20)(H,18,19)/t12-/m1/s1. The quantitative estimate of drug-likeness (QED) is 0.770. The van der Waals surface area contributed by atoms with Gasteiger partial charge >= 0.3 is 0 Å². The van der Waals surface area contributed by atoms with Crippen LogP contribution in [0.25, 0.3) is 0 Å². The minimum atomic E-state index is -0.872. The first-order valence-corrected chi connectivity index (χ1v) is 6.69. The minimum Gasteiger partial charge on any atom is -0.368 e. The van der Waals surface area contributed by atoms with E-state index in [-0.39, 0.29) is 24.6 Å². The number of benzene rings is 1. The molecule has 0 saturated carbocycles. The third-order valence-electron chi connectivity index (χ3n) is 2.63. The first-order valence-electron chi connectivity index (χ1n) is 5.90. The Bertz CT molecular complexity index is 555. The molecule has 20 heavy (non-hydrogen) atoms. The van der Waals surface area contributed by atoms with Gasteiger partial charge in [0.15, 0.2) is 0 Å². The molecular formula is C14H14BrFN2O2. The summed E-state index contributed by atoms with van der Waals surface area (Å²) in [7, 11) is 0. The Hall–Kier alpha value is -1.87. The summed E-state index contributed by atoms with van der Waals surface area (Å²) in [6.07, 6.45) is 5.58. The fourth-order valence-corrected chi connectivity index (χ4v) is 2.04. The van der Waals surface area contributed by atoms with Crippen LogP contribution in [0.1, 0.15) is 18.4 Å². The van der Waals surface area contributed by atoms with Gasteiger partial charge in [-0.25, -0.2) is 4.39 Å². The van der Waals surface area contributed by atoms with Crippen molar-refractivity contribution in [1.82, 2.24) is 5.32 Å². The van der Waals surface area contributed by atoms with Gasteiger partial charge in [0.2, 0.25) is 11.8 Å². The molecule has 0 saturated heterocycles. The molecule has 0 aliphatic rings. The molecule has 1 aromatic carbocycles. The second-order valence-electron chi connectivity index (χ2n) is 4.17. The van der Waals surface area contributed by atoms with Crippen molar-refractivity contribution in [2.45, 2.75) is 25.3 Å². The van der Waals surface area contributed by atoms with Crippen LogP contribution in [0, 0.1) is 18.2 Å². The number of terminal acetylenes is 1. The van der Waals surface area contributed by atoms with Crippen LogP contribution in [0.3, 0.4) is 0 Å². The number of carbonyl (C=O) groups is 2. The van der Waals surface area contributed by atoms with Crippen LogP contribution in [0.5, 0.6) is 0 Å². The summed E-state index contributed by atoms with van der Waals surface area (Å²) in [5, 5.41) is 2.46. The van der Waals surface area contributed by atoms with E-state index in [1.807, 2.05) is 0 Å². The number of aryl methyl sites for hydroxylation is 1. The van der Waals surface area contributed by atoms with Gasteiger partial charge in [0, 0.05) is 17.3 Å². The van der Waals surface area contributed by atoms with Crippen LogP contribution in [0.15, 0.2) is 22.7 Å². The molecule has 1 aromatic rings. The second-order valence-corrected chi connectivity index (χ2v) is 5.02. The van der Waals surface area contributed by atoms with Crippen LogP contribution in [0.2, 0.25) is 0 Å². The highest BCUT2D eigenvalue weighted by Gasteiger charge is 2.16. The topological polar surface area (TPSA) is 72.2 Å². The van der Waals surface area contributed by atoms with Crippen molar-refractivity contribution in [3.63, 3.8) is 0 Å². The Labute approximate surface area is 125 Å². The Balaban J connectivity index is 2.57. The molecule has 1 rings (SSSR count). The summed E-state index contributed by atoms with van der Waals surface area (Å²) >= 11 is 3.28. The Morgan fingerprint density at radius 3 is 2.80 bits per heavy atom. The van der Waals surface area contributed by atoms with E-state index in [9.17, 15) is 14.0 Å². The van der Waals surface area contributed by atoms with Gasteiger partial charge in [-0.05, 0) is 30.2 Å². The average molecular weight is 341 g/mol. The molecular weight excluding hydrogens is 327 g/mol. The highest BCUT2D eigenvalue weighted by molar-refractivity contribution is 9.10. The van der Waals surface area contributed by atoms with Gasteiger partial charge in [-0.2, -0.15) is 0 Å². The predicted octanol–water partition coefficient (Wildman–Crippen LogP) is 1.51. The number of carbonyl (C=O) groups excluding carboxylic acids is 2. The van der Waals surface area contributed by atoms with Crippen molar-refractivity contribution < 1.29 is 14.0 Å². The van der Waals surface area contributed by atoms with Crippen molar-refractivity contribution >= 4 is 27.7 Å². The van der Waals surface area contributed by atoms with Crippen molar-refractivity contribution in [1.29, 1.82) is 0 Å². The molecule has 0 spiro atoms. The fraction of sp³-hybridized carbons (Fsp3) is 0.286. The summed E-state index contributed by atoms with van der Waals surface area (Å²) < 4.78 is 13.8. The number of primary amides is 1. The molecule has 0 unspecified atom stereocenters. The van der Waals surface area contributed by atoms with Gasteiger partial charge in [0.25, 0.3) is 0 Å². The lowest BCUT2D eigenvalue weighted by atomic mass is 10.1. The van der Waals surface area contributed by atoms with E-state index < -0.39 is 11.9 Å². The molecule has 0 aliphatic heterocycles. The summed E-state index contributed by atoms with van der Waals surface area (Å²) in [4.78, 5) is 22.8. The van der Waals surface area contributed by atoms with Crippen LogP contribution < -0.4 is 11.1 Å². The smallest absolute Gasteiger partial charge is 0.240 e. The van der Waals surface area contributed by atoms with E-state index in [4.69, 9.17) is 12.2 Å². The average Bonchev–Trinajstić information content (AvgIpc) is 2.39. The maximum Gasteiger partial charge on any atom is 0.240 e. The monoisotopic (exact) mass is 340 g/mol. The molecule has 0 aromatic heterocycles. The van der Waals surface area contributed by atoms with Gasteiger partial charge in [0.1, 0.15) is 11.9 Å². The third-order valence-corrected chi connectivity index (χ3v) is 3.40. The van der Waals surface area contributed by atoms with Crippen molar-refractivity contribution in [2.24, 2.45) is 5.73 Å². The van der Waals surface area contributed by atoms with E-state index >= 15 is 0 Å². The first-order chi connectivity index (χ1) is 9.43. The molecule has 0 fully saturated rings. The molecule has 6 heteroatoms. The number of hydrogen-bond donors (Lipinski definition) is 2. The summed E-state index contributed by atoms with van der Waals surface area (Å²) in [6.45, 7) is 0. The zero-order chi connectivity index (χ0) is 15.1.